The van der Waals surface area contributed by atoms with Crippen molar-refractivity contribution in [1.29, 1.82) is 0 Å². The molecule has 0 N–H and O–H groups in total. The molecule has 10 nitrogen and oxygen atoms in total. The smallest absolute Gasteiger partial charge is 0.429 e. The highest BCUT2D eigenvalue weighted by atomic mass is 16.7. The second-order valence-electron chi connectivity index (χ2n) is 10.3. The lowest BCUT2D eigenvalue weighted by Gasteiger charge is -2.27. The van der Waals surface area contributed by atoms with E-state index in [0.717, 1.165) is 22.4 Å². The Kier molecular flexibility index (Phi) is 9.96. The summed E-state index contributed by atoms with van der Waals surface area (Å²) in [6.07, 6.45) is 4.64. The van der Waals surface area contributed by atoms with Crippen LogP contribution in [0, 0.1) is 10.1 Å². The van der Waals surface area contributed by atoms with E-state index in [-0.39, 0.29) is 30.4 Å². The molecule has 4 aromatic rings. The van der Waals surface area contributed by atoms with E-state index in [4.69, 9.17) is 14.2 Å². The molecular formula is C35H30N2O8. The number of esters is 1. The van der Waals surface area contributed by atoms with Crippen LogP contribution in [0.2, 0.25) is 0 Å². The van der Waals surface area contributed by atoms with E-state index in [1.54, 1.807) is 24.3 Å². The zero-order chi connectivity index (χ0) is 31.6. The number of hydrogen-bond donors (Lipinski definition) is 0. The van der Waals surface area contributed by atoms with Gasteiger partial charge in [-0.15, -0.1) is 0 Å². The van der Waals surface area contributed by atoms with Crippen molar-refractivity contribution in [2.75, 3.05) is 4.90 Å². The molecule has 0 saturated carbocycles. The van der Waals surface area contributed by atoms with Gasteiger partial charge < -0.3 is 19.1 Å². The first-order valence-electron chi connectivity index (χ1n) is 14.4. The van der Waals surface area contributed by atoms with Crippen molar-refractivity contribution in [3.63, 3.8) is 0 Å². The lowest BCUT2D eigenvalue weighted by atomic mass is 10.0. The lowest BCUT2D eigenvalue weighted by molar-refractivity contribution is -0.384. The predicted octanol–water partition coefficient (Wildman–Crippen LogP) is 7.49. The largest absolute Gasteiger partial charge is 0.514 e. The fraction of sp³-hybridized carbons (Fsp3) is 0.171. The number of ether oxygens (including phenoxy) is 3. The van der Waals surface area contributed by atoms with Crippen LogP contribution in [0.3, 0.4) is 0 Å². The Morgan fingerprint density at radius 1 is 0.733 bits per heavy atom. The van der Waals surface area contributed by atoms with Crippen LogP contribution in [0.5, 0.6) is 11.5 Å². The molecule has 1 amide bonds. The third-order valence-corrected chi connectivity index (χ3v) is 7.14. The minimum Gasteiger partial charge on any atom is -0.429 e. The third kappa shape index (κ3) is 8.41. The molecule has 0 saturated heterocycles. The summed E-state index contributed by atoms with van der Waals surface area (Å²) in [6, 6.07) is 27.4. The summed E-state index contributed by atoms with van der Waals surface area (Å²) in [5.74, 6) is 0.0458. The Balaban J connectivity index is 1.05. The van der Waals surface area contributed by atoms with Crippen LogP contribution in [-0.4, -0.2) is 23.0 Å². The molecule has 4 aromatic carbocycles. The fourth-order valence-electron chi connectivity index (χ4n) is 4.79. The maximum atomic E-state index is 13.3. The van der Waals surface area contributed by atoms with Gasteiger partial charge in [-0.2, -0.15) is 0 Å². The number of para-hydroxylation sites is 1. The summed E-state index contributed by atoms with van der Waals surface area (Å²) < 4.78 is 15.5. The van der Waals surface area contributed by atoms with E-state index >= 15 is 0 Å². The van der Waals surface area contributed by atoms with Gasteiger partial charge >= 0.3 is 12.1 Å². The van der Waals surface area contributed by atoms with Crippen LogP contribution < -0.4 is 14.4 Å². The number of amides is 1. The van der Waals surface area contributed by atoms with Gasteiger partial charge in [0.25, 0.3) is 5.69 Å². The van der Waals surface area contributed by atoms with Crippen LogP contribution in [0.15, 0.2) is 97.1 Å². The minimum absolute atomic E-state index is 0.00430. The van der Waals surface area contributed by atoms with E-state index in [0.29, 0.717) is 37.1 Å². The standard InChI is InChI=1S/C35H30N2O8/c38-33(36-23-28-9-2-1-7-26(28)15-16-27-8-3-4-10-32(27)36)11-5-6-12-34(39)44-30-19-13-25(14-20-30)24-43-35(40)45-31-21-17-29(18-22-31)37(41)42/h1-4,7-10,13-22H,5-6,11-12,23-24H2. The average molecular weight is 607 g/mol. The molecule has 0 unspecified atom stereocenters. The number of nitrogens with zero attached hydrogens (tertiary/aromatic N) is 2. The van der Waals surface area contributed by atoms with Gasteiger partial charge in [-0.25, -0.2) is 4.79 Å². The number of fused-ring (bicyclic) bond motifs is 2. The van der Waals surface area contributed by atoms with Gasteiger partial charge in [-0.1, -0.05) is 66.7 Å². The Morgan fingerprint density at radius 3 is 2.11 bits per heavy atom. The molecule has 0 aromatic heterocycles. The second-order valence-corrected chi connectivity index (χ2v) is 10.3. The number of non-ortho nitro benzene ring substituents is 1. The Labute approximate surface area is 259 Å². The number of nitro benzene ring substituents is 1. The van der Waals surface area contributed by atoms with Crippen LogP contribution in [0.25, 0.3) is 12.2 Å². The normalized spacial score (nSPS) is 11.8. The minimum atomic E-state index is -0.963. The monoisotopic (exact) mass is 606 g/mol. The van der Waals surface area contributed by atoms with Crippen molar-refractivity contribution in [1.82, 2.24) is 0 Å². The third-order valence-electron chi connectivity index (χ3n) is 7.14. The SMILES string of the molecule is O=C(CCCCC(=O)N1Cc2ccccc2C=Cc2ccccc21)Oc1ccc(COC(=O)Oc2ccc([N+](=O)[O-])cc2)cc1. The van der Waals surface area contributed by atoms with Crippen molar-refractivity contribution >= 4 is 41.6 Å². The van der Waals surface area contributed by atoms with Crippen LogP contribution in [0.1, 0.15) is 47.9 Å². The number of anilines is 1. The van der Waals surface area contributed by atoms with Gasteiger partial charge in [0.05, 0.1) is 17.2 Å². The number of carbonyl (C=O) groups is 3. The van der Waals surface area contributed by atoms with Gasteiger partial charge in [0.1, 0.15) is 18.1 Å². The highest BCUT2D eigenvalue weighted by molar-refractivity contribution is 5.97. The zero-order valence-electron chi connectivity index (χ0n) is 24.3. The van der Waals surface area contributed by atoms with E-state index in [1.165, 1.54) is 24.3 Å². The van der Waals surface area contributed by atoms with E-state index in [1.807, 2.05) is 59.5 Å². The molecule has 0 bridgehead atoms. The average Bonchev–Trinajstić information content (AvgIpc) is 3.04. The Hall–Kier alpha value is -5.77. The van der Waals surface area contributed by atoms with E-state index in [2.05, 4.69) is 6.08 Å². The zero-order valence-corrected chi connectivity index (χ0v) is 24.3. The summed E-state index contributed by atoms with van der Waals surface area (Å²) in [5, 5.41) is 10.7. The highest BCUT2D eigenvalue weighted by Crippen LogP contribution is 2.29. The molecule has 0 atom stereocenters. The molecule has 10 heteroatoms. The van der Waals surface area contributed by atoms with E-state index in [9.17, 15) is 24.5 Å². The first-order chi connectivity index (χ1) is 21.9. The molecule has 0 spiro atoms. The Bertz CT molecular complexity index is 1710. The molecule has 1 aliphatic heterocycles. The molecular weight excluding hydrogens is 576 g/mol. The van der Waals surface area contributed by atoms with Crippen LogP contribution >= 0.6 is 0 Å². The number of unbranched alkanes of at least 4 members (excludes halogenated alkanes) is 1. The number of carbonyl (C=O) groups excluding carboxylic acids is 3. The van der Waals surface area contributed by atoms with Gasteiger partial charge in [0, 0.05) is 25.0 Å². The predicted molar refractivity (Wildman–Crippen MR) is 167 cm³/mol. The molecule has 0 aliphatic carbocycles. The highest BCUT2D eigenvalue weighted by Gasteiger charge is 2.21. The van der Waals surface area contributed by atoms with Gasteiger partial charge in [-0.3, -0.25) is 19.7 Å². The first kappa shape index (κ1) is 30.7. The molecule has 45 heavy (non-hydrogen) atoms. The van der Waals surface area contributed by atoms with Crippen molar-refractivity contribution in [2.24, 2.45) is 0 Å². The van der Waals surface area contributed by atoms with Crippen molar-refractivity contribution in [3.8, 4) is 11.5 Å². The first-order valence-corrected chi connectivity index (χ1v) is 14.4. The number of hydrogen-bond acceptors (Lipinski definition) is 8. The molecule has 1 aliphatic rings. The molecule has 1 heterocycles. The summed E-state index contributed by atoms with van der Waals surface area (Å²) in [7, 11) is 0. The lowest BCUT2D eigenvalue weighted by Crippen LogP contribution is -2.31. The van der Waals surface area contributed by atoms with Crippen molar-refractivity contribution in [3.05, 3.63) is 129 Å². The number of benzene rings is 4. The van der Waals surface area contributed by atoms with Crippen molar-refractivity contribution in [2.45, 2.75) is 38.8 Å². The van der Waals surface area contributed by atoms with Crippen LogP contribution in [0.4, 0.5) is 16.2 Å². The fourth-order valence-corrected chi connectivity index (χ4v) is 4.79. The van der Waals surface area contributed by atoms with Gasteiger partial charge in [0.2, 0.25) is 5.91 Å². The topological polar surface area (TPSA) is 125 Å². The molecule has 0 fully saturated rings. The molecule has 0 radical (unpaired) electrons. The summed E-state index contributed by atoms with van der Waals surface area (Å²) >= 11 is 0. The second kappa shape index (κ2) is 14.6. The Morgan fingerprint density at radius 2 is 1.36 bits per heavy atom. The maximum Gasteiger partial charge on any atom is 0.514 e. The molecule has 228 valence electrons. The summed E-state index contributed by atoms with van der Waals surface area (Å²) in [5.41, 5.74) is 4.50. The quantitative estimate of drug-likeness (QED) is 0.0454. The van der Waals surface area contributed by atoms with E-state index < -0.39 is 17.0 Å². The van der Waals surface area contributed by atoms with Crippen molar-refractivity contribution < 1.29 is 33.5 Å². The van der Waals surface area contributed by atoms with Crippen LogP contribution in [-0.2, 0) is 27.5 Å². The van der Waals surface area contributed by atoms with Gasteiger partial charge in [0.15, 0.2) is 0 Å². The summed E-state index contributed by atoms with van der Waals surface area (Å²) in [6.45, 7) is 0.387. The molecule has 5 rings (SSSR count). The van der Waals surface area contributed by atoms with Gasteiger partial charge in [-0.05, 0) is 65.4 Å². The number of rotatable bonds is 10. The summed E-state index contributed by atoms with van der Waals surface area (Å²) in [4.78, 5) is 49.7. The number of nitro groups is 1. The maximum absolute atomic E-state index is 13.3.